The monoisotopic (exact) mass is 421 g/mol. The predicted molar refractivity (Wildman–Crippen MR) is 106 cm³/mol. The highest BCUT2D eigenvalue weighted by Gasteiger charge is 2.34. The third kappa shape index (κ3) is 3.52. The van der Waals surface area contributed by atoms with Gasteiger partial charge in [0.15, 0.2) is 5.65 Å². The second-order valence-corrected chi connectivity index (χ2v) is 7.82. The van der Waals surface area contributed by atoms with Crippen molar-refractivity contribution in [1.82, 2.24) is 14.5 Å². The maximum atomic E-state index is 13.0. The number of hydrogen-bond acceptors (Lipinski definition) is 3. The molecule has 0 radical (unpaired) electrons. The van der Waals surface area contributed by atoms with Crippen molar-refractivity contribution >= 4 is 22.8 Å². The van der Waals surface area contributed by atoms with E-state index in [1.54, 1.807) is 17.6 Å². The summed E-state index contributed by atoms with van der Waals surface area (Å²) in [4.78, 5) is 21.8. The van der Waals surface area contributed by atoms with Crippen LogP contribution < -0.4 is 5.56 Å². The van der Waals surface area contributed by atoms with Gasteiger partial charge in [0.1, 0.15) is 11.2 Å². The summed E-state index contributed by atoms with van der Waals surface area (Å²) in [7, 11) is 0. The van der Waals surface area contributed by atoms with Crippen molar-refractivity contribution in [2.75, 3.05) is 0 Å². The van der Waals surface area contributed by atoms with Gasteiger partial charge < -0.3 is 0 Å². The minimum Gasteiger partial charge on any atom is -0.286 e. The van der Waals surface area contributed by atoms with Gasteiger partial charge in [-0.3, -0.25) is 9.36 Å². The Morgan fingerprint density at radius 2 is 1.97 bits per heavy atom. The first kappa shape index (κ1) is 19.9. The molecule has 1 unspecified atom stereocenters. The van der Waals surface area contributed by atoms with E-state index in [0.29, 0.717) is 33.9 Å². The molecule has 0 aliphatic heterocycles. The number of pyridine rings is 1. The molecular formula is C21H19ClF3N3O. The molecule has 8 heteroatoms. The van der Waals surface area contributed by atoms with Crippen molar-refractivity contribution in [1.29, 1.82) is 0 Å². The zero-order valence-electron chi connectivity index (χ0n) is 15.9. The third-order valence-electron chi connectivity index (χ3n) is 5.44. The van der Waals surface area contributed by atoms with Crippen LogP contribution in [0.25, 0.3) is 22.3 Å². The molecular weight excluding hydrogens is 403 g/mol. The largest absolute Gasteiger partial charge is 0.416 e. The summed E-state index contributed by atoms with van der Waals surface area (Å²) in [5.41, 5.74) is 1.21. The zero-order valence-corrected chi connectivity index (χ0v) is 16.7. The summed E-state index contributed by atoms with van der Waals surface area (Å²) in [6.45, 7) is 3.68. The maximum Gasteiger partial charge on any atom is 0.416 e. The van der Waals surface area contributed by atoms with E-state index in [2.05, 4.69) is 9.97 Å². The van der Waals surface area contributed by atoms with Crippen LogP contribution in [0.1, 0.15) is 43.5 Å². The highest BCUT2D eigenvalue weighted by molar-refractivity contribution is 6.33. The average Bonchev–Trinajstić information content (AvgIpc) is 3.49. The number of aryl methyl sites for hydroxylation is 1. The molecule has 1 atom stereocenters. The fourth-order valence-corrected chi connectivity index (χ4v) is 4.14. The second kappa shape index (κ2) is 7.13. The Bertz CT molecular complexity index is 1150. The molecule has 1 fully saturated rings. The molecule has 152 valence electrons. The van der Waals surface area contributed by atoms with Gasteiger partial charge in [0, 0.05) is 28.4 Å². The SMILES string of the molecule is CCC(C1CC1)n1c(=O)c(C)nc2c(-c3ccc(C(F)(F)F)cc3Cl)ccnc21. The first-order valence-corrected chi connectivity index (χ1v) is 9.85. The molecule has 2 aromatic heterocycles. The number of aromatic nitrogens is 3. The van der Waals surface area contributed by atoms with E-state index in [4.69, 9.17) is 11.6 Å². The van der Waals surface area contributed by atoms with Gasteiger partial charge in [-0.05, 0) is 50.3 Å². The molecule has 1 aliphatic carbocycles. The van der Waals surface area contributed by atoms with Gasteiger partial charge in [-0.15, -0.1) is 0 Å². The molecule has 0 N–H and O–H groups in total. The Morgan fingerprint density at radius 3 is 2.55 bits per heavy atom. The molecule has 29 heavy (non-hydrogen) atoms. The number of fused-ring (bicyclic) bond motifs is 1. The fraction of sp³-hybridized carbons (Fsp3) is 0.381. The molecule has 1 aromatic carbocycles. The lowest BCUT2D eigenvalue weighted by atomic mass is 10.0. The summed E-state index contributed by atoms with van der Waals surface area (Å²) in [5, 5.41) is -0.0289. The van der Waals surface area contributed by atoms with E-state index in [0.717, 1.165) is 31.4 Å². The van der Waals surface area contributed by atoms with E-state index in [1.807, 2.05) is 6.92 Å². The normalized spacial score (nSPS) is 15.7. The van der Waals surface area contributed by atoms with Crippen LogP contribution in [0, 0.1) is 12.8 Å². The molecule has 0 saturated heterocycles. The Morgan fingerprint density at radius 1 is 1.24 bits per heavy atom. The summed E-state index contributed by atoms with van der Waals surface area (Å²) >= 11 is 6.21. The molecule has 4 nitrogen and oxygen atoms in total. The summed E-state index contributed by atoms with van der Waals surface area (Å²) < 4.78 is 40.7. The van der Waals surface area contributed by atoms with Crippen LogP contribution in [-0.4, -0.2) is 14.5 Å². The van der Waals surface area contributed by atoms with E-state index >= 15 is 0 Å². The summed E-state index contributed by atoms with van der Waals surface area (Å²) in [6.07, 6.45) is -0.0127. The van der Waals surface area contributed by atoms with Crippen LogP contribution in [-0.2, 0) is 6.18 Å². The number of nitrogens with zero attached hydrogens (tertiary/aromatic N) is 3. The van der Waals surface area contributed by atoms with Crippen LogP contribution in [0.5, 0.6) is 0 Å². The number of alkyl halides is 3. The van der Waals surface area contributed by atoms with E-state index in [-0.39, 0.29) is 16.6 Å². The zero-order chi connectivity index (χ0) is 20.9. The molecule has 4 rings (SSSR count). The van der Waals surface area contributed by atoms with Crippen LogP contribution in [0.3, 0.4) is 0 Å². The Kier molecular flexibility index (Phi) is 4.89. The number of hydrogen-bond donors (Lipinski definition) is 0. The van der Waals surface area contributed by atoms with Crippen LogP contribution in [0.15, 0.2) is 35.3 Å². The minimum atomic E-state index is -4.48. The van der Waals surface area contributed by atoms with Gasteiger partial charge in [-0.2, -0.15) is 13.2 Å². The Balaban J connectivity index is 1.96. The molecule has 0 spiro atoms. The van der Waals surface area contributed by atoms with Crippen LogP contribution >= 0.6 is 11.6 Å². The lowest BCUT2D eigenvalue weighted by Crippen LogP contribution is -2.29. The van der Waals surface area contributed by atoms with Gasteiger partial charge in [0.2, 0.25) is 0 Å². The highest BCUT2D eigenvalue weighted by atomic mass is 35.5. The van der Waals surface area contributed by atoms with Gasteiger partial charge in [-0.1, -0.05) is 24.6 Å². The number of rotatable bonds is 4. The van der Waals surface area contributed by atoms with E-state index in [9.17, 15) is 18.0 Å². The predicted octanol–water partition coefficient (Wildman–Crippen LogP) is 5.80. The average molecular weight is 422 g/mol. The summed E-state index contributed by atoms with van der Waals surface area (Å²) in [6, 6.07) is 4.93. The first-order valence-electron chi connectivity index (χ1n) is 9.47. The summed E-state index contributed by atoms with van der Waals surface area (Å²) in [5.74, 6) is 0.433. The van der Waals surface area contributed by atoms with E-state index in [1.165, 1.54) is 12.3 Å². The van der Waals surface area contributed by atoms with Gasteiger partial charge >= 0.3 is 6.18 Å². The molecule has 0 bridgehead atoms. The van der Waals surface area contributed by atoms with Crippen LogP contribution in [0.2, 0.25) is 5.02 Å². The van der Waals surface area contributed by atoms with Crippen LogP contribution in [0.4, 0.5) is 13.2 Å². The van der Waals surface area contributed by atoms with Gasteiger partial charge in [-0.25, -0.2) is 9.97 Å². The van der Waals surface area contributed by atoms with Crippen molar-refractivity contribution in [2.45, 2.75) is 45.3 Å². The molecule has 3 aromatic rings. The molecule has 1 saturated carbocycles. The van der Waals surface area contributed by atoms with Crippen molar-refractivity contribution < 1.29 is 13.2 Å². The molecule has 0 amide bonds. The lowest BCUT2D eigenvalue weighted by Gasteiger charge is -2.21. The van der Waals surface area contributed by atoms with Crippen molar-refractivity contribution in [2.24, 2.45) is 5.92 Å². The second-order valence-electron chi connectivity index (χ2n) is 7.41. The third-order valence-corrected chi connectivity index (χ3v) is 5.76. The first-order chi connectivity index (χ1) is 13.7. The van der Waals surface area contributed by atoms with Crippen molar-refractivity contribution in [3.8, 4) is 11.1 Å². The maximum absolute atomic E-state index is 13.0. The Labute approximate surface area is 170 Å². The lowest BCUT2D eigenvalue weighted by molar-refractivity contribution is -0.137. The van der Waals surface area contributed by atoms with Crippen molar-refractivity contribution in [3.05, 3.63) is 57.1 Å². The smallest absolute Gasteiger partial charge is 0.286 e. The topological polar surface area (TPSA) is 47.8 Å². The van der Waals surface area contributed by atoms with Gasteiger partial charge in [0.05, 0.1) is 5.56 Å². The minimum absolute atomic E-state index is 0.0255. The quantitative estimate of drug-likeness (QED) is 0.534. The Hall–Kier alpha value is -2.41. The fourth-order valence-electron chi connectivity index (χ4n) is 3.86. The molecule has 1 aliphatic rings. The van der Waals surface area contributed by atoms with E-state index < -0.39 is 11.7 Å². The van der Waals surface area contributed by atoms with Crippen molar-refractivity contribution in [3.63, 3.8) is 0 Å². The standard InChI is InChI=1S/C21H19ClF3N3O/c1-3-17(12-4-5-12)28-19-18(27-11(2)20(28)29)15(8-9-26-19)14-7-6-13(10-16(14)22)21(23,24)25/h6-10,12,17H,3-5H2,1-2H3. The van der Waals surface area contributed by atoms with Gasteiger partial charge in [0.25, 0.3) is 5.56 Å². The highest BCUT2D eigenvalue weighted by Crippen LogP contribution is 2.42. The number of halogens is 4. The number of benzene rings is 1. The molecule has 2 heterocycles.